The SMILES string of the molecule is C[C@@H](N[C@@]1(C)CCCC(F)(F)[C@@H]1O)c1ccccc1. The summed E-state index contributed by atoms with van der Waals surface area (Å²) < 4.78 is 27.3. The quantitative estimate of drug-likeness (QED) is 0.882. The molecule has 1 saturated carbocycles. The summed E-state index contributed by atoms with van der Waals surface area (Å²) in [6.07, 6.45) is -0.888. The third kappa shape index (κ3) is 2.95. The second kappa shape index (κ2) is 5.17. The van der Waals surface area contributed by atoms with Gasteiger partial charge in [0.1, 0.15) is 6.10 Å². The predicted molar refractivity (Wildman–Crippen MR) is 71.2 cm³/mol. The molecule has 0 aromatic heterocycles. The summed E-state index contributed by atoms with van der Waals surface area (Å²) in [6, 6.07) is 9.59. The summed E-state index contributed by atoms with van der Waals surface area (Å²) in [7, 11) is 0. The number of halogens is 2. The number of aliphatic hydroxyl groups excluding tert-OH is 1. The highest BCUT2D eigenvalue weighted by Crippen LogP contribution is 2.40. The number of hydrogen-bond donors (Lipinski definition) is 2. The van der Waals surface area contributed by atoms with Gasteiger partial charge in [-0.1, -0.05) is 30.3 Å². The zero-order valence-electron chi connectivity index (χ0n) is 11.4. The summed E-state index contributed by atoms with van der Waals surface area (Å²) in [4.78, 5) is 0. The number of hydrogen-bond acceptors (Lipinski definition) is 2. The molecule has 1 aromatic rings. The summed E-state index contributed by atoms with van der Waals surface area (Å²) >= 11 is 0. The van der Waals surface area contributed by atoms with Crippen LogP contribution in [0.15, 0.2) is 30.3 Å². The average molecular weight is 269 g/mol. The van der Waals surface area contributed by atoms with Crippen LogP contribution in [0.2, 0.25) is 0 Å². The van der Waals surface area contributed by atoms with Gasteiger partial charge in [-0.25, -0.2) is 8.78 Å². The zero-order chi connectivity index (χ0) is 14.1. The van der Waals surface area contributed by atoms with Gasteiger partial charge in [0.2, 0.25) is 0 Å². The van der Waals surface area contributed by atoms with E-state index in [2.05, 4.69) is 5.32 Å². The molecule has 1 aromatic carbocycles. The van der Waals surface area contributed by atoms with Gasteiger partial charge in [-0.3, -0.25) is 0 Å². The molecule has 106 valence electrons. The minimum absolute atomic E-state index is 0.0743. The van der Waals surface area contributed by atoms with Crippen LogP contribution in [0.1, 0.15) is 44.7 Å². The molecule has 2 nitrogen and oxygen atoms in total. The smallest absolute Gasteiger partial charge is 0.275 e. The molecule has 2 N–H and O–H groups in total. The monoisotopic (exact) mass is 269 g/mol. The Balaban J connectivity index is 2.13. The van der Waals surface area contributed by atoms with Gasteiger partial charge in [0.05, 0.1) is 0 Å². The Hall–Kier alpha value is -1.00. The van der Waals surface area contributed by atoms with Crippen molar-refractivity contribution in [3.05, 3.63) is 35.9 Å². The lowest BCUT2D eigenvalue weighted by Gasteiger charge is -2.45. The Morgan fingerprint density at radius 2 is 1.89 bits per heavy atom. The highest BCUT2D eigenvalue weighted by molar-refractivity contribution is 5.19. The second-order valence-electron chi connectivity index (χ2n) is 5.71. The molecule has 0 saturated heterocycles. The lowest BCUT2D eigenvalue weighted by molar-refractivity contribution is -0.167. The van der Waals surface area contributed by atoms with Crippen LogP contribution in [-0.2, 0) is 0 Å². The molecule has 0 unspecified atom stereocenters. The minimum Gasteiger partial charge on any atom is -0.385 e. The van der Waals surface area contributed by atoms with Gasteiger partial charge in [0.25, 0.3) is 5.92 Å². The molecule has 0 heterocycles. The summed E-state index contributed by atoms with van der Waals surface area (Å²) in [5.41, 5.74) is 0.0848. The fraction of sp³-hybridized carbons (Fsp3) is 0.600. The molecule has 1 fully saturated rings. The van der Waals surface area contributed by atoms with E-state index >= 15 is 0 Å². The largest absolute Gasteiger partial charge is 0.385 e. The molecule has 1 aliphatic rings. The highest BCUT2D eigenvalue weighted by Gasteiger charge is 2.52. The maximum atomic E-state index is 13.7. The van der Waals surface area contributed by atoms with Crippen LogP contribution in [0.25, 0.3) is 0 Å². The molecule has 4 heteroatoms. The van der Waals surface area contributed by atoms with Gasteiger partial charge < -0.3 is 10.4 Å². The Morgan fingerprint density at radius 3 is 2.53 bits per heavy atom. The van der Waals surface area contributed by atoms with Crippen molar-refractivity contribution in [2.75, 3.05) is 0 Å². The first-order valence-electron chi connectivity index (χ1n) is 6.74. The maximum absolute atomic E-state index is 13.7. The van der Waals surface area contributed by atoms with Crippen molar-refractivity contribution in [1.29, 1.82) is 0 Å². The molecular weight excluding hydrogens is 248 g/mol. The first kappa shape index (κ1) is 14.4. The molecule has 0 aliphatic heterocycles. The second-order valence-corrected chi connectivity index (χ2v) is 5.71. The molecule has 3 atom stereocenters. The van der Waals surface area contributed by atoms with E-state index in [9.17, 15) is 13.9 Å². The molecule has 0 radical (unpaired) electrons. The summed E-state index contributed by atoms with van der Waals surface area (Å²) in [6.45, 7) is 3.62. The molecule has 0 spiro atoms. The molecule has 19 heavy (non-hydrogen) atoms. The van der Waals surface area contributed by atoms with E-state index in [1.807, 2.05) is 37.3 Å². The van der Waals surface area contributed by atoms with Crippen LogP contribution in [0, 0.1) is 0 Å². The Labute approximate surface area is 112 Å². The lowest BCUT2D eigenvalue weighted by atomic mass is 9.77. The van der Waals surface area contributed by atoms with Gasteiger partial charge in [-0.15, -0.1) is 0 Å². The van der Waals surface area contributed by atoms with Crippen molar-refractivity contribution in [2.45, 2.75) is 56.7 Å². The molecular formula is C15H21F2NO. The first-order valence-corrected chi connectivity index (χ1v) is 6.74. The van der Waals surface area contributed by atoms with Crippen molar-refractivity contribution >= 4 is 0 Å². The van der Waals surface area contributed by atoms with Crippen LogP contribution in [0.4, 0.5) is 8.78 Å². The van der Waals surface area contributed by atoms with Crippen molar-refractivity contribution in [3.8, 4) is 0 Å². The van der Waals surface area contributed by atoms with E-state index in [4.69, 9.17) is 0 Å². The van der Waals surface area contributed by atoms with Crippen molar-refractivity contribution < 1.29 is 13.9 Å². The predicted octanol–water partition coefficient (Wildman–Crippen LogP) is 3.28. The van der Waals surface area contributed by atoms with Gasteiger partial charge in [0.15, 0.2) is 0 Å². The van der Waals surface area contributed by atoms with Crippen LogP contribution in [-0.4, -0.2) is 22.7 Å². The topological polar surface area (TPSA) is 32.3 Å². The fourth-order valence-corrected chi connectivity index (χ4v) is 2.90. The first-order chi connectivity index (χ1) is 8.85. The third-order valence-electron chi connectivity index (χ3n) is 4.06. The Kier molecular flexibility index (Phi) is 3.92. The number of alkyl halides is 2. The van der Waals surface area contributed by atoms with Crippen LogP contribution < -0.4 is 5.32 Å². The zero-order valence-corrected chi connectivity index (χ0v) is 11.4. The van der Waals surface area contributed by atoms with E-state index in [1.54, 1.807) is 6.92 Å². The number of aliphatic hydroxyl groups is 1. The minimum atomic E-state index is -3.00. The molecule has 0 bridgehead atoms. The van der Waals surface area contributed by atoms with E-state index in [1.165, 1.54) is 0 Å². The molecule has 2 rings (SSSR count). The van der Waals surface area contributed by atoms with Crippen LogP contribution in [0.3, 0.4) is 0 Å². The van der Waals surface area contributed by atoms with Crippen molar-refractivity contribution in [3.63, 3.8) is 0 Å². The maximum Gasteiger partial charge on any atom is 0.275 e. The van der Waals surface area contributed by atoms with Crippen LogP contribution in [0.5, 0.6) is 0 Å². The van der Waals surface area contributed by atoms with Crippen molar-refractivity contribution in [1.82, 2.24) is 5.32 Å². The van der Waals surface area contributed by atoms with E-state index in [0.29, 0.717) is 12.8 Å². The van der Waals surface area contributed by atoms with E-state index < -0.39 is 17.6 Å². The summed E-state index contributed by atoms with van der Waals surface area (Å²) in [5.74, 6) is -3.00. The Morgan fingerprint density at radius 1 is 1.26 bits per heavy atom. The van der Waals surface area contributed by atoms with E-state index in [0.717, 1.165) is 5.56 Å². The standard InChI is InChI=1S/C15H21F2NO/c1-11(12-7-4-3-5-8-12)18-14(2)9-6-10-15(16,17)13(14)19/h3-5,7-8,11,13,18-19H,6,9-10H2,1-2H3/t11-,13-,14+/m1/s1. The lowest BCUT2D eigenvalue weighted by Crippen LogP contribution is -2.61. The molecule has 0 amide bonds. The Bertz CT molecular complexity index is 423. The summed E-state index contributed by atoms with van der Waals surface area (Å²) in [5, 5.41) is 13.1. The number of benzene rings is 1. The normalized spacial score (nSPS) is 31.9. The van der Waals surface area contributed by atoms with Gasteiger partial charge in [0, 0.05) is 18.0 Å². The molecule has 1 aliphatic carbocycles. The highest BCUT2D eigenvalue weighted by atomic mass is 19.3. The van der Waals surface area contributed by atoms with Gasteiger partial charge in [-0.2, -0.15) is 0 Å². The van der Waals surface area contributed by atoms with Crippen molar-refractivity contribution in [2.24, 2.45) is 0 Å². The number of rotatable bonds is 3. The fourth-order valence-electron chi connectivity index (χ4n) is 2.90. The van der Waals surface area contributed by atoms with Crippen LogP contribution >= 0.6 is 0 Å². The van der Waals surface area contributed by atoms with E-state index in [-0.39, 0.29) is 12.5 Å². The third-order valence-corrected chi connectivity index (χ3v) is 4.06. The van der Waals surface area contributed by atoms with Gasteiger partial charge >= 0.3 is 0 Å². The average Bonchev–Trinajstić information content (AvgIpc) is 2.37. The number of nitrogens with one attached hydrogen (secondary N) is 1. The van der Waals surface area contributed by atoms with Gasteiger partial charge in [-0.05, 0) is 32.3 Å².